The number of hydrogen-bond acceptors (Lipinski definition) is 3. The van der Waals surface area contributed by atoms with E-state index >= 15 is 0 Å². The highest BCUT2D eigenvalue weighted by molar-refractivity contribution is 7.99. The Labute approximate surface area is 179 Å². The molecule has 1 unspecified atom stereocenters. The Morgan fingerprint density at radius 2 is 1.90 bits per heavy atom. The molecule has 0 radical (unpaired) electrons. The third-order valence-electron chi connectivity index (χ3n) is 5.52. The largest absolute Gasteiger partial charge is 0.348 e. The lowest BCUT2D eigenvalue weighted by Gasteiger charge is -2.14. The number of carbonyl (C=O) groups is 1. The van der Waals surface area contributed by atoms with Crippen LogP contribution in [-0.2, 0) is 6.54 Å². The van der Waals surface area contributed by atoms with Gasteiger partial charge in [-0.1, -0.05) is 39.0 Å². The van der Waals surface area contributed by atoms with Crippen molar-refractivity contribution in [1.29, 1.82) is 0 Å². The number of aryl methyl sites for hydroxylation is 1. The number of hydrogen-bond donors (Lipinski definition) is 1. The van der Waals surface area contributed by atoms with Crippen LogP contribution in [0, 0.1) is 18.8 Å². The van der Waals surface area contributed by atoms with Gasteiger partial charge >= 0.3 is 0 Å². The monoisotopic (exact) mass is 408 g/mol. The molecule has 1 aliphatic rings. The van der Waals surface area contributed by atoms with Gasteiger partial charge in [0.05, 0.1) is 5.69 Å². The predicted molar refractivity (Wildman–Crippen MR) is 124 cm³/mol. The molecule has 0 aromatic heterocycles. The van der Waals surface area contributed by atoms with E-state index in [1.165, 1.54) is 23.4 Å². The molecule has 0 spiro atoms. The number of aliphatic imine (C=N–C) groups is 1. The third kappa shape index (κ3) is 5.96. The number of carbonyl (C=O) groups excluding carboxylic acids is 1. The quantitative estimate of drug-likeness (QED) is 0.377. The van der Waals surface area contributed by atoms with Gasteiger partial charge in [0.1, 0.15) is 0 Å². The van der Waals surface area contributed by atoms with Crippen molar-refractivity contribution >= 4 is 29.1 Å². The summed E-state index contributed by atoms with van der Waals surface area (Å²) in [4.78, 5) is 19.0. The molecule has 0 heterocycles. The molecule has 1 atom stereocenters. The van der Waals surface area contributed by atoms with Gasteiger partial charge < -0.3 is 5.32 Å². The fourth-order valence-corrected chi connectivity index (χ4v) is 4.02. The molecule has 2 aromatic rings. The number of nitrogens with one attached hydrogen (secondary N) is 1. The molecule has 0 saturated heterocycles. The zero-order valence-corrected chi connectivity index (χ0v) is 18.8. The van der Waals surface area contributed by atoms with Crippen molar-refractivity contribution in [2.75, 3.05) is 5.75 Å². The zero-order valence-electron chi connectivity index (χ0n) is 18.0. The molecule has 3 nitrogen and oxygen atoms in total. The first-order valence-corrected chi connectivity index (χ1v) is 11.7. The van der Waals surface area contributed by atoms with E-state index in [4.69, 9.17) is 4.99 Å². The first kappa shape index (κ1) is 21.6. The summed E-state index contributed by atoms with van der Waals surface area (Å²) in [6, 6.07) is 14.2. The zero-order chi connectivity index (χ0) is 20.8. The second-order valence-corrected chi connectivity index (χ2v) is 9.22. The number of nitrogens with zero attached hydrogens (tertiary/aromatic N) is 1. The number of benzene rings is 2. The lowest BCUT2D eigenvalue weighted by Crippen LogP contribution is -2.22. The molecule has 2 aromatic carbocycles. The Morgan fingerprint density at radius 1 is 1.17 bits per heavy atom. The van der Waals surface area contributed by atoms with Crippen molar-refractivity contribution in [3.63, 3.8) is 0 Å². The van der Waals surface area contributed by atoms with Crippen LogP contribution in [0.3, 0.4) is 0 Å². The van der Waals surface area contributed by atoms with Crippen molar-refractivity contribution in [2.45, 2.75) is 58.4 Å². The van der Waals surface area contributed by atoms with Crippen LogP contribution in [0.25, 0.3) is 0 Å². The molecule has 1 N–H and O–H groups in total. The highest BCUT2D eigenvalue weighted by atomic mass is 32.2. The lowest BCUT2D eigenvalue weighted by atomic mass is 9.98. The molecule has 4 heteroatoms. The maximum absolute atomic E-state index is 12.7. The Kier molecular flexibility index (Phi) is 7.54. The summed E-state index contributed by atoms with van der Waals surface area (Å²) >= 11 is 1.82. The van der Waals surface area contributed by atoms with Gasteiger partial charge in [-0.05, 0) is 79.2 Å². The molecule has 1 fully saturated rings. The molecule has 1 amide bonds. The van der Waals surface area contributed by atoms with E-state index in [0.717, 1.165) is 29.0 Å². The van der Waals surface area contributed by atoms with E-state index in [9.17, 15) is 4.79 Å². The molecule has 3 rings (SSSR count). The average Bonchev–Trinajstić information content (AvgIpc) is 3.57. The van der Waals surface area contributed by atoms with Gasteiger partial charge in [-0.3, -0.25) is 9.79 Å². The van der Waals surface area contributed by atoms with Crippen LogP contribution in [0.5, 0.6) is 0 Å². The van der Waals surface area contributed by atoms with Crippen LogP contribution in [-0.4, -0.2) is 17.4 Å². The Bertz CT molecular complexity index is 869. The van der Waals surface area contributed by atoms with Crippen LogP contribution < -0.4 is 5.32 Å². The second kappa shape index (κ2) is 10.1. The predicted octanol–water partition coefficient (Wildman–Crippen LogP) is 6.57. The molecule has 154 valence electrons. The fourth-order valence-electron chi connectivity index (χ4n) is 3.36. The Balaban J connectivity index is 1.70. The van der Waals surface area contributed by atoms with E-state index < -0.39 is 0 Å². The highest BCUT2D eigenvalue weighted by Crippen LogP contribution is 2.36. The van der Waals surface area contributed by atoms with E-state index in [-0.39, 0.29) is 5.91 Å². The summed E-state index contributed by atoms with van der Waals surface area (Å²) in [5.74, 6) is 2.14. The van der Waals surface area contributed by atoms with E-state index in [0.29, 0.717) is 23.9 Å². The Hall–Kier alpha value is -2.07. The van der Waals surface area contributed by atoms with Gasteiger partial charge in [-0.25, -0.2) is 0 Å². The minimum atomic E-state index is -0.0510. The summed E-state index contributed by atoms with van der Waals surface area (Å²) < 4.78 is 0. The van der Waals surface area contributed by atoms with Crippen molar-refractivity contribution in [1.82, 2.24) is 5.32 Å². The molecule has 29 heavy (non-hydrogen) atoms. The van der Waals surface area contributed by atoms with Gasteiger partial charge in [0.15, 0.2) is 0 Å². The van der Waals surface area contributed by atoms with Crippen LogP contribution in [0.2, 0.25) is 0 Å². The van der Waals surface area contributed by atoms with Crippen LogP contribution >= 0.6 is 11.8 Å². The first-order valence-electron chi connectivity index (χ1n) is 10.7. The van der Waals surface area contributed by atoms with E-state index in [2.05, 4.69) is 57.3 Å². The third-order valence-corrected chi connectivity index (χ3v) is 6.42. The fraction of sp³-hybridized carbons (Fsp3) is 0.440. The maximum Gasteiger partial charge on any atom is 0.251 e. The van der Waals surface area contributed by atoms with Crippen molar-refractivity contribution in [3.05, 3.63) is 59.2 Å². The van der Waals surface area contributed by atoms with Gasteiger partial charge in [0.2, 0.25) is 0 Å². The summed E-state index contributed by atoms with van der Waals surface area (Å²) in [6.07, 6.45) is 3.60. The summed E-state index contributed by atoms with van der Waals surface area (Å²) in [6.45, 7) is 9.22. The van der Waals surface area contributed by atoms with Crippen molar-refractivity contribution < 1.29 is 4.79 Å². The smallest absolute Gasteiger partial charge is 0.251 e. The summed E-state index contributed by atoms with van der Waals surface area (Å²) in [5, 5.41) is 3.04. The summed E-state index contributed by atoms with van der Waals surface area (Å²) in [7, 11) is 0. The molecular weight excluding hydrogens is 376 g/mol. The van der Waals surface area contributed by atoms with Gasteiger partial charge in [0, 0.05) is 22.7 Å². The maximum atomic E-state index is 12.7. The molecule has 1 saturated carbocycles. The van der Waals surface area contributed by atoms with Gasteiger partial charge in [-0.2, -0.15) is 0 Å². The molecular formula is C25H32N2OS. The Morgan fingerprint density at radius 3 is 2.52 bits per heavy atom. The summed E-state index contributed by atoms with van der Waals surface area (Å²) in [5.41, 5.74) is 5.13. The van der Waals surface area contributed by atoms with Gasteiger partial charge in [-0.15, -0.1) is 11.8 Å². The molecule has 0 aliphatic heterocycles. The van der Waals surface area contributed by atoms with E-state index in [1.54, 1.807) is 0 Å². The minimum Gasteiger partial charge on any atom is -0.348 e. The first-order chi connectivity index (χ1) is 14.0. The van der Waals surface area contributed by atoms with Crippen LogP contribution in [0.15, 0.2) is 52.4 Å². The highest BCUT2D eigenvalue weighted by Gasteiger charge is 2.30. The topological polar surface area (TPSA) is 41.5 Å². The SMILES string of the molecule is CCSc1ccc(CNC(=O)c2ccc(C)c(N=C(C(C)CC)C3CC3)c2)cc1. The van der Waals surface area contributed by atoms with Crippen molar-refractivity contribution in [2.24, 2.45) is 16.8 Å². The average molecular weight is 409 g/mol. The van der Waals surface area contributed by atoms with Crippen LogP contribution in [0.4, 0.5) is 5.69 Å². The lowest BCUT2D eigenvalue weighted by molar-refractivity contribution is 0.0951. The number of rotatable bonds is 9. The number of thioether (sulfide) groups is 1. The minimum absolute atomic E-state index is 0.0510. The van der Waals surface area contributed by atoms with Crippen LogP contribution in [0.1, 0.15) is 61.5 Å². The molecule has 1 aliphatic carbocycles. The van der Waals surface area contributed by atoms with E-state index in [1.807, 2.05) is 30.0 Å². The molecule has 0 bridgehead atoms. The normalized spacial score (nSPS) is 15.2. The second-order valence-electron chi connectivity index (χ2n) is 7.88. The number of amides is 1. The standard InChI is InChI=1S/C25H32N2OS/c1-5-17(3)24(20-11-12-20)27-23-15-21(10-7-18(23)4)25(28)26-16-19-8-13-22(14-9-19)29-6-2/h7-10,13-15,17,20H,5-6,11-12,16H2,1-4H3,(H,26,28). The van der Waals surface area contributed by atoms with Crippen molar-refractivity contribution in [3.8, 4) is 0 Å². The van der Waals surface area contributed by atoms with Gasteiger partial charge in [0.25, 0.3) is 5.91 Å².